The van der Waals surface area contributed by atoms with Gasteiger partial charge in [0.2, 0.25) is 0 Å². The molecular formula is C8H11NO2. The summed E-state index contributed by atoms with van der Waals surface area (Å²) < 4.78 is 6.58. The summed E-state index contributed by atoms with van der Waals surface area (Å²) in [5, 5.41) is 0. The average molecular weight is 153 g/mol. The smallest absolute Gasteiger partial charge is 0.292 e. The summed E-state index contributed by atoms with van der Waals surface area (Å²) in [4.78, 5) is 11.2. The van der Waals surface area contributed by atoms with Crippen LogP contribution in [0.15, 0.2) is 23.1 Å². The lowest BCUT2D eigenvalue weighted by Crippen LogP contribution is -2.17. The van der Waals surface area contributed by atoms with Gasteiger partial charge in [-0.25, -0.2) is 0 Å². The molecule has 0 atom stereocenters. The molecular weight excluding hydrogens is 142 g/mol. The summed E-state index contributed by atoms with van der Waals surface area (Å²) in [6, 6.07) is 3.46. The monoisotopic (exact) mass is 153 g/mol. The molecule has 1 rings (SSSR count). The topological polar surface area (TPSA) is 31.2 Å². The van der Waals surface area contributed by atoms with Gasteiger partial charge in [-0.1, -0.05) is 0 Å². The quantitative estimate of drug-likeness (QED) is 0.628. The van der Waals surface area contributed by atoms with Crippen LogP contribution in [0.4, 0.5) is 0 Å². The predicted octanol–water partition coefficient (Wildman–Crippen LogP) is 0.784. The second-order valence-electron chi connectivity index (χ2n) is 2.22. The number of aryl methyl sites for hydroxylation is 1. The molecule has 60 valence electrons. The van der Waals surface area contributed by atoms with Crippen LogP contribution in [0.1, 0.15) is 6.92 Å². The fourth-order valence-electron chi connectivity index (χ4n) is 0.838. The third-order valence-corrected chi connectivity index (χ3v) is 1.39. The van der Waals surface area contributed by atoms with Crippen LogP contribution >= 0.6 is 0 Å². The van der Waals surface area contributed by atoms with Crippen molar-refractivity contribution in [1.29, 1.82) is 0 Å². The Morgan fingerprint density at radius 1 is 1.64 bits per heavy atom. The molecule has 11 heavy (non-hydrogen) atoms. The molecule has 3 heteroatoms. The summed E-state index contributed by atoms with van der Waals surface area (Å²) in [5.74, 6) is 0.414. The number of hydrogen-bond donors (Lipinski definition) is 0. The van der Waals surface area contributed by atoms with Gasteiger partial charge in [0.15, 0.2) is 5.75 Å². The standard InChI is InChI=1S/C8H11NO2/c1-3-11-7-5-4-6-9(2)8(7)10/h4-6H,3H2,1-2H3. The van der Waals surface area contributed by atoms with Crippen molar-refractivity contribution in [2.24, 2.45) is 7.05 Å². The van der Waals surface area contributed by atoms with Gasteiger partial charge < -0.3 is 9.30 Å². The van der Waals surface area contributed by atoms with Crippen molar-refractivity contribution < 1.29 is 4.74 Å². The van der Waals surface area contributed by atoms with E-state index < -0.39 is 0 Å². The van der Waals surface area contributed by atoms with Crippen molar-refractivity contribution in [3.8, 4) is 5.75 Å². The van der Waals surface area contributed by atoms with Gasteiger partial charge in [-0.05, 0) is 19.1 Å². The maximum absolute atomic E-state index is 11.2. The van der Waals surface area contributed by atoms with Gasteiger partial charge in [-0.15, -0.1) is 0 Å². The Kier molecular flexibility index (Phi) is 2.31. The number of pyridine rings is 1. The van der Waals surface area contributed by atoms with Crippen molar-refractivity contribution in [3.63, 3.8) is 0 Å². The van der Waals surface area contributed by atoms with Crippen LogP contribution in [-0.4, -0.2) is 11.2 Å². The minimum Gasteiger partial charge on any atom is -0.488 e. The van der Waals surface area contributed by atoms with Crippen molar-refractivity contribution >= 4 is 0 Å². The molecule has 0 unspecified atom stereocenters. The van der Waals surface area contributed by atoms with Crippen molar-refractivity contribution in [3.05, 3.63) is 28.7 Å². The molecule has 0 spiro atoms. The van der Waals surface area contributed by atoms with E-state index in [9.17, 15) is 4.79 Å². The summed E-state index contributed by atoms with van der Waals surface area (Å²) in [6.45, 7) is 2.38. The first kappa shape index (κ1) is 7.85. The van der Waals surface area contributed by atoms with E-state index in [1.54, 1.807) is 25.4 Å². The highest BCUT2D eigenvalue weighted by molar-refractivity contribution is 5.16. The van der Waals surface area contributed by atoms with Crippen LogP contribution in [0.5, 0.6) is 5.75 Å². The van der Waals surface area contributed by atoms with Crippen LogP contribution in [0.2, 0.25) is 0 Å². The molecule has 1 aromatic rings. The Morgan fingerprint density at radius 2 is 2.36 bits per heavy atom. The highest BCUT2D eigenvalue weighted by Crippen LogP contribution is 1.99. The number of aromatic nitrogens is 1. The van der Waals surface area contributed by atoms with E-state index in [1.165, 1.54) is 4.57 Å². The second-order valence-corrected chi connectivity index (χ2v) is 2.22. The molecule has 0 saturated carbocycles. The minimum atomic E-state index is -0.0886. The van der Waals surface area contributed by atoms with E-state index in [2.05, 4.69) is 0 Å². The number of nitrogens with zero attached hydrogens (tertiary/aromatic N) is 1. The Morgan fingerprint density at radius 3 is 3.00 bits per heavy atom. The molecule has 0 saturated heterocycles. The van der Waals surface area contributed by atoms with Gasteiger partial charge in [-0.2, -0.15) is 0 Å². The van der Waals surface area contributed by atoms with Gasteiger partial charge in [0.25, 0.3) is 5.56 Å². The zero-order valence-corrected chi connectivity index (χ0v) is 6.70. The van der Waals surface area contributed by atoms with Crippen LogP contribution in [0, 0.1) is 0 Å². The van der Waals surface area contributed by atoms with E-state index in [-0.39, 0.29) is 5.56 Å². The van der Waals surface area contributed by atoms with Gasteiger partial charge in [0.1, 0.15) is 0 Å². The van der Waals surface area contributed by atoms with Gasteiger partial charge >= 0.3 is 0 Å². The van der Waals surface area contributed by atoms with E-state index in [0.717, 1.165) is 0 Å². The summed E-state index contributed by atoms with van der Waals surface area (Å²) in [6.07, 6.45) is 1.70. The predicted molar refractivity (Wildman–Crippen MR) is 42.9 cm³/mol. The van der Waals surface area contributed by atoms with Gasteiger partial charge in [0, 0.05) is 13.2 Å². The molecule has 1 aromatic heterocycles. The molecule has 0 bridgehead atoms. The minimum absolute atomic E-state index is 0.0886. The first-order valence-corrected chi connectivity index (χ1v) is 3.54. The summed E-state index contributed by atoms with van der Waals surface area (Å²) >= 11 is 0. The molecule has 0 radical (unpaired) electrons. The highest BCUT2D eigenvalue weighted by atomic mass is 16.5. The average Bonchev–Trinajstić information content (AvgIpc) is 1.99. The van der Waals surface area contributed by atoms with E-state index in [1.807, 2.05) is 6.92 Å². The van der Waals surface area contributed by atoms with E-state index >= 15 is 0 Å². The normalized spacial score (nSPS) is 9.64. The molecule has 1 heterocycles. The number of hydrogen-bond acceptors (Lipinski definition) is 2. The number of ether oxygens (including phenoxy) is 1. The van der Waals surface area contributed by atoms with Gasteiger partial charge in [-0.3, -0.25) is 4.79 Å². The Hall–Kier alpha value is -1.25. The van der Waals surface area contributed by atoms with Crippen molar-refractivity contribution in [1.82, 2.24) is 4.57 Å². The molecule has 0 aliphatic rings. The number of rotatable bonds is 2. The molecule has 0 N–H and O–H groups in total. The fraction of sp³-hybridized carbons (Fsp3) is 0.375. The molecule has 0 aliphatic heterocycles. The fourth-order valence-corrected chi connectivity index (χ4v) is 0.838. The Balaban J connectivity index is 3.07. The first-order valence-electron chi connectivity index (χ1n) is 3.54. The largest absolute Gasteiger partial charge is 0.488 e. The van der Waals surface area contributed by atoms with Crippen molar-refractivity contribution in [2.45, 2.75) is 6.92 Å². The van der Waals surface area contributed by atoms with E-state index in [4.69, 9.17) is 4.74 Å². The molecule has 0 fully saturated rings. The molecule has 0 amide bonds. The SMILES string of the molecule is CCOc1cccn(C)c1=O. The Labute approximate surface area is 65.2 Å². The molecule has 3 nitrogen and oxygen atoms in total. The maximum atomic E-state index is 11.2. The lowest BCUT2D eigenvalue weighted by atomic mass is 10.4. The van der Waals surface area contributed by atoms with Crippen LogP contribution < -0.4 is 10.3 Å². The van der Waals surface area contributed by atoms with Crippen molar-refractivity contribution in [2.75, 3.05) is 6.61 Å². The summed E-state index contributed by atoms with van der Waals surface area (Å²) in [5.41, 5.74) is -0.0886. The van der Waals surface area contributed by atoms with Gasteiger partial charge in [0.05, 0.1) is 6.61 Å². The van der Waals surface area contributed by atoms with Crippen LogP contribution in [0.25, 0.3) is 0 Å². The second kappa shape index (κ2) is 3.23. The lowest BCUT2D eigenvalue weighted by molar-refractivity contribution is 0.333. The zero-order valence-electron chi connectivity index (χ0n) is 6.70. The lowest BCUT2D eigenvalue weighted by Gasteiger charge is -2.02. The summed E-state index contributed by atoms with van der Waals surface area (Å²) in [7, 11) is 1.70. The first-order chi connectivity index (χ1) is 5.25. The third-order valence-electron chi connectivity index (χ3n) is 1.39. The van der Waals surface area contributed by atoms with E-state index in [0.29, 0.717) is 12.4 Å². The maximum Gasteiger partial charge on any atom is 0.292 e. The van der Waals surface area contributed by atoms with Crippen LogP contribution in [-0.2, 0) is 7.05 Å². The zero-order chi connectivity index (χ0) is 8.27. The molecule has 0 aromatic carbocycles. The third kappa shape index (κ3) is 1.61. The Bertz CT molecular complexity index is 290. The highest BCUT2D eigenvalue weighted by Gasteiger charge is 1.98. The molecule has 0 aliphatic carbocycles. The van der Waals surface area contributed by atoms with Crippen LogP contribution in [0.3, 0.4) is 0 Å².